The molecule has 0 aromatic carbocycles. The van der Waals surface area contributed by atoms with E-state index in [0.29, 0.717) is 5.57 Å². The van der Waals surface area contributed by atoms with Crippen LogP contribution >= 0.6 is 0 Å². The van der Waals surface area contributed by atoms with E-state index in [9.17, 15) is 0 Å². The second-order valence-electron chi connectivity index (χ2n) is 4.15. The van der Waals surface area contributed by atoms with Crippen molar-refractivity contribution in [2.75, 3.05) is 0 Å². The van der Waals surface area contributed by atoms with E-state index in [4.69, 9.17) is 16.1 Å². The molecule has 0 aliphatic carbocycles. The van der Waals surface area contributed by atoms with Gasteiger partial charge in [0.25, 0.3) is 0 Å². The Morgan fingerprint density at radius 3 is 1.71 bits per heavy atom. The summed E-state index contributed by atoms with van der Waals surface area (Å²) < 4.78 is 0. The fraction of sp³-hybridized carbons (Fsp3) is 0.600. The van der Waals surface area contributed by atoms with Gasteiger partial charge in [0, 0.05) is 0 Å². The fourth-order valence-corrected chi connectivity index (χ4v) is 1.29. The topological polar surface area (TPSA) is 83.8 Å². The number of allylic oxidation sites excluding steroid dienone is 1. The van der Waals surface area contributed by atoms with E-state index in [-0.39, 0.29) is 0 Å². The predicted molar refractivity (Wildman–Crippen MR) is 52.0 cm³/mol. The van der Waals surface area contributed by atoms with E-state index >= 15 is 0 Å². The van der Waals surface area contributed by atoms with Crippen molar-refractivity contribution in [2.45, 2.75) is 27.7 Å². The first-order valence-electron chi connectivity index (χ1n) is 4.22. The summed E-state index contributed by atoms with van der Waals surface area (Å²) in [7, 11) is 0. The summed E-state index contributed by atoms with van der Waals surface area (Å²) in [6.45, 7) is 6.85. The van der Waals surface area contributed by atoms with Crippen molar-refractivity contribution in [2.24, 2.45) is 15.9 Å². The molecule has 74 valence electrons. The molecular weight excluding hydrogens is 176 g/mol. The molecule has 0 radical (unpaired) electrons. The number of hydrogen-bond acceptors (Lipinski definition) is 4. The summed E-state index contributed by atoms with van der Waals surface area (Å²) in [5.74, 6) is 0. The minimum Gasteiger partial charge on any atom is -0.205 e. The molecule has 0 heterocycles. The highest BCUT2D eigenvalue weighted by Gasteiger charge is 2.35. The molecule has 4 heteroatoms. The molecule has 0 aromatic rings. The largest absolute Gasteiger partial charge is 0.205 e. The van der Waals surface area contributed by atoms with E-state index in [1.54, 1.807) is 27.7 Å². The Kier molecular flexibility index (Phi) is 3.54. The maximum Gasteiger partial charge on any atom is 0.0760 e. The second kappa shape index (κ2) is 4.02. The van der Waals surface area contributed by atoms with Crippen LogP contribution < -0.4 is 0 Å². The SMILES string of the molecule is CC(C)(C#N)C(=CN=N)C(C)(C)C#N. The lowest BCUT2D eigenvalue weighted by atomic mass is 9.72. The van der Waals surface area contributed by atoms with Gasteiger partial charge in [0.15, 0.2) is 0 Å². The van der Waals surface area contributed by atoms with Gasteiger partial charge in [-0.15, -0.1) is 0 Å². The molecule has 0 amide bonds. The molecule has 14 heavy (non-hydrogen) atoms. The molecule has 0 aliphatic rings. The van der Waals surface area contributed by atoms with Crippen LogP contribution in [0.1, 0.15) is 27.7 Å². The van der Waals surface area contributed by atoms with Crippen molar-refractivity contribution in [3.05, 3.63) is 11.8 Å². The molecule has 1 N–H and O–H groups in total. The van der Waals surface area contributed by atoms with Crippen molar-refractivity contribution in [1.29, 1.82) is 16.1 Å². The lowest BCUT2D eigenvalue weighted by Crippen LogP contribution is -2.24. The number of rotatable bonds is 3. The standard InChI is InChI=1S/C10H14N4/c1-9(2,6-11)8(5-14-13)10(3,4)7-12/h5,13H,1-4H3. The van der Waals surface area contributed by atoms with Crippen molar-refractivity contribution in [3.8, 4) is 12.1 Å². The van der Waals surface area contributed by atoms with E-state index in [0.717, 1.165) is 0 Å². The van der Waals surface area contributed by atoms with Crippen LogP contribution in [-0.2, 0) is 0 Å². The molecule has 0 aromatic heterocycles. The molecule has 0 bridgehead atoms. The zero-order valence-electron chi connectivity index (χ0n) is 8.92. The van der Waals surface area contributed by atoms with Gasteiger partial charge in [-0.25, -0.2) is 5.53 Å². The number of nitrogens with one attached hydrogen (secondary N) is 1. The van der Waals surface area contributed by atoms with Gasteiger partial charge in [-0.2, -0.15) is 15.6 Å². The molecule has 0 saturated heterocycles. The first kappa shape index (κ1) is 12.3. The monoisotopic (exact) mass is 190 g/mol. The highest BCUT2D eigenvalue weighted by molar-refractivity contribution is 5.31. The van der Waals surface area contributed by atoms with Crippen molar-refractivity contribution in [3.63, 3.8) is 0 Å². The molecule has 0 unspecified atom stereocenters. The van der Waals surface area contributed by atoms with Crippen LogP contribution in [0.4, 0.5) is 0 Å². The summed E-state index contributed by atoms with van der Waals surface area (Å²) in [5, 5.41) is 21.0. The Morgan fingerprint density at radius 2 is 1.50 bits per heavy atom. The third-order valence-electron chi connectivity index (χ3n) is 2.10. The Labute approximate surface area is 84.4 Å². The predicted octanol–water partition coefficient (Wildman–Crippen LogP) is 3.00. The Bertz CT molecular complexity index is 308. The molecule has 0 spiro atoms. The number of nitrogens with zero attached hydrogens (tertiary/aromatic N) is 3. The van der Waals surface area contributed by atoms with Crippen LogP contribution in [0, 0.1) is 39.0 Å². The smallest absolute Gasteiger partial charge is 0.0760 e. The van der Waals surface area contributed by atoms with Crippen molar-refractivity contribution >= 4 is 0 Å². The maximum atomic E-state index is 8.95. The number of nitriles is 2. The highest BCUT2D eigenvalue weighted by Crippen LogP contribution is 2.38. The van der Waals surface area contributed by atoms with Gasteiger partial charge in [-0.05, 0) is 33.3 Å². The molecular formula is C10H14N4. The maximum absolute atomic E-state index is 8.95. The van der Waals surface area contributed by atoms with Gasteiger partial charge in [0.1, 0.15) is 0 Å². The minimum atomic E-state index is -0.774. The Balaban J connectivity index is 5.45. The van der Waals surface area contributed by atoms with Crippen LogP contribution in [0.2, 0.25) is 0 Å². The quantitative estimate of drug-likeness (QED) is 0.693. The normalized spacial score (nSPS) is 11.0. The van der Waals surface area contributed by atoms with Gasteiger partial charge in [-0.1, -0.05) is 0 Å². The van der Waals surface area contributed by atoms with E-state index in [2.05, 4.69) is 17.3 Å². The summed E-state index contributed by atoms with van der Waals surface area (Å²) in [6.07, 6.45) is 1.28. The second-order valence-corrected chi connectivity index (χ2v) is 4.15. The van der Waals surface area contributed by atoms with Gasteiger partial charge in [-0.3, -0.25) is 0 Å². The van der Waals surface area contributed by atoms with Crippen LogP contribution in [0.15, 0.2) is 16.9 Å². The molecule has 0 atom stereocenters. The molecule has 4 nitrogen and oxygen atoms in total. The Morgan fingerprint density at radius 1 is 1.14 bits per heavy atom. The molecule has 0 fully saturated rings. The summed E-state index contributed by atoms with van der Waals surface area (Å²) in [6, 6.07) is 4.21. The zero-order chi connectivity index (χ0) is 11.4. The number of hydrogen-bond donors (Lipinski definition) is 1. The van der Waals surface area contributed by atoms with Gasteiger partial charge < -0.3 is 0 Å². The summed E-state index contributed by atoms with van der Waals surface area (Å²) >= 11 is 0. The first-order valence-corrected chi connectivity index (χ1v) is 4.22. The minimum absolute atomic E-state index is 0.560. The van der Waals surface area contributed by atoms with E-state index in [1.165, 1.54) is 6.20 Å². The molecule has 0 saturated carbocycles. The van der Waals surface area contributed by atoms with Gasteiger partial charge in [0.2, 0.25) is 0 Å². The molecule has 0 aliphatic heterocycles. The highest BCUT2D eigenvalue weighted by atomic mass is 14.9. The van der Waals surface area contributed by atoms with Crippen LogP contribution in [-0.4, -0.2) is 0 Å². The zero-order valence-corrected chi connectivity index (χ0v) is 8.92. The average molecular weight is 190 g/mol. The third kappa shape index (κ3) is 2.40. The summed E-state index contributed by atoms with van der Waals surface area (Å²) in [5.41, 5.74) is 5.79. The lowest BCUT2D eigenvalue weighted by Gasteiger charge is -2.28. The molecule has 0 rings (SSSR count). The lowest BCUT2D eigenvalue weighted by molar-refractivity contribution is 0.448. The van der Waals surface area contributed by atoms with Gasteiger partial charge in [0.05, 0.1) is 29.2 Å². The van der Waals surface area contributed by atoms with E-state index in [1.807, 2.05) is 0 Å². The van der Waals surface area contributed by atoms with Crippen molar-refractivity contribution < 1.29 is 0 Å². The van der Waals surface area contributed by atoms with Crippen molar-refractivity contribution in [1.82, 2.24) is 0 Å². The summed E-state index contributed by atoms with van der Waals surface area (Å²) in [4.78, 5) is 0. The Hall–Kier alpha value is -1.68. The van der Waals surface area contributed by atoms with Crippen LogP contribution in [0.25, 0.3) is 0 Å². The van der Waals surface area contributed by atoms with Crippen LogP contribution in [0.3, 0.4) is 0 Å². The first-order chi connectivity index (χ1) is 6.31. The third-order valence-corrected chi connectivity index (χ3v) is 2.10. The van der Waals surface area contributed by atoms with Crippen LogP contribution in [0.5, 0.6) is 0 Å². The van der Waals surface area contributed by atoms with E-state index < -0.39 is 10.8 Å². The fourth-order valence-electron chi connectivity index (χ4n) is 1.29. The average Bonchev–Trinajstić information content (AvgIpc) is 2.13. The van der Waals surface area contributed by atoms with Gasteiger partial charge >= 0.3 is 0 Å².